The molecule has 0 spiro atoms. The average molecular weight is 572 g/mol. The molecular weight excluding hydrogens is 518 g/mol. The smallest absolute Gasteiger partial charge is 0.311 e. The first-order chi connectivity index (χ1) is 18.4. The van der Waals surface area contributed by atoms with E-state index in [9.17, 15) is 24.9 Å². The lowest BCUT2D eigenvalue weighted by atomic mass is 9.76. The van der Waals surface area contributed by atoms with Crippen LogP contribution in [0.4, 0.5) is 0 Å². The maximum atomic E-state index is 13.5. The summed E-state index contributed by atoms with van der Waals surface area (Å²) in [6.45, 7) is 13.7. The normalized spacial score (nSPS) is 44.6. The number of carbonyl (C=O) groups is 2. The van der Waals surface area contributed by atoms with Gasteiger partial charge in [0.2, 0.25) is 0 Å². The number of ether oxygens (including phenoxy) is 4. The van der Waals surface area contributed by atoms with Crippen molar-refractivity contribution in [2.45, 2.75) is 129 Å². The molecule has 0 bridgehead atoms. The van der Waals surface area contributed by atoms with Crippen molar-refractivity contribution in [2.75, 3.05) is 21.2 Å². The van der Waals surface area contributed by atoms with E-state index >= 15 is 0 Å². The van der Waals surface area contributed by atoms with Gasteiger partial charge in [0.1, 0.15) is 17.8 Å². The molecule has 0 aromatic rings. The zero-order valence-electron chi connectivity index (χ0n) is 26.2. The Morgan fingerprint density at radius 2 is 1.70 bits per heavy atom. The minimum absolute atomic E-state index is 0.197. The molecule has 10 heteroatoms. The highest BCUT2D eigenvalue weighted by Crippen LogP contribution is 2.38. The van der Waals surface area contributed by atoms with Crippen molar-refractivity contribution in [3.63, 3.8) is 0 Å². The number of rotatable bonds is 5. The molecule has 0 saturated carbocycles. The number of cyclic esters (lactones) is 1. The first-order valence-corrected chi connectivity index (χ1v) is 14.4. The average Bonchev–Trinajstić information content (AvgIpc) is 2.88. The van der Waals surface area contributed by atoms with Crippen LogP contribution in [0.25, 0.3) is 0 Å². The van der Waals surface area contributed by atoms with Crippen LogP contribution in [0.15, 0.2) is 11.6 Å². The Morgan fingerprint density at radius 3 is 2.23 bits per heavy atom. The second-order valence-corrected chi connectivity index (χ2v) is 12.6. The lowest BCUT2D eigenvalue weighted by Crippen LogP contribution is -2.59. The minimum atomic E-state index is -1.59. The molecule has 1 fully saturated rings. The van der Waals surface area contributed by atoms with E-state index in [1.54, 1.807) is 41.5 Å². The molecule has 0 amide bonds. The van der Waals surface area contributed by atoms with Gasteiger partial charge in [-0.2, -0.15) is 0 Å². The molecule has 10 nitrogen and oxygen atoms in total. The van der Waals surface area contributed by atoms with Crippen molar-refractivity contribution in [1.29, 1.82) is 0 Å². The molecule has 3 N–H and O–H groups in total. The number of methoxy groups -OCH3 is 1. The minimum Gasteiger partial charge on any atom is -0.459 e. The largest absolute Gasteiger partial charge is 0.459 e. The number of aliphatic hydroxyl groups is 3. The van der Waals surface area contributed by atoms with Gasteiger partial charge in [0.05, 0.1) is 29.8 Å². The summed E-state index contributed by atoms with van der Waals surface area (Å²) < 4.78 is 24.3. The summed E-state index contributed by atoms with van der Waals surface area (Å²) in [7, 11) is 5.28. The molecule has 0 aliphatic carbocycles. The SMILES string of the molecule is CC[C@H]1OC(=O)[C@H](C)[C@@H](O)[C@H](C)[C@@H](OC2OC(C)CC(N(C)C)C2O)[C@](C)(OC)C[C@@H](C)C(=O)C(C)=C[C@]1(C)O. The summed E-state index contributed by atoms with van der Waals surface area (Å²) in [6.07, 6.45) is -2.68. The molecule has 0 aromatic heterocycles. The van der Waals surface area contributed by atoms with Crippen LogP contribution in [0.5, 0.6) is 0 Å². The van der Waals surface area contributed by atoms with Crippen molar-refractivity contribution in [3.8, 4) is 0 Å². The van der Waals surface area contributed by atoms with E-state index in [1.165, 1.54) is 20.1 Å². The van der Waals surface area contributed by atoms with Gasteiger partial charge in [0, 0.05) is 25.0 Å². The van der Waals surface area contributed by atoms with Gasteiger partial charge in [0.25, 0.3) is 0 Å². The molecule has 2 rings (SSSR count). The van der Waals surface area contributed by atoms with E-state index in [2.05, 4.69) is 0 Å². The van der Waals surface area contributed by atoms with Crippen molar-refractivity contribution in [3.05, 3.63) is 11.6 Å². The van der Waals surface area contributed by atoms with Gasteiger partial charge in [-0.1, -0.05) is 20.8 Å². The summed E-state index contributed by atoms with van der Waals surface area (Å²) in [5, 5.41) is 33.8. The summed E-state index contributed by atoms with van der Waals surface area (Å²) in [4.78, 5) is 28.6. The van der Waals surface area contributed by atoms with Crippen molar-refractivity contribution < 1.29 is 43.9 Å². The summed E-state index contributed by atoms with van der Waals surface area (Å²) in [6, 6.07) is -0.220. The maximum absolute atomic E-state index is 13.5. The first-order valence-electron chi connectivity index (χ1n) is 14.4. The van der Waals surface area contributed by atoms with E-state index in [4.69, 9.17) is 18.9 Å². The van der Waals surface area contributed by atoms with E-state index < -0.39 is 65.6 Å². The second-order valence-electron chi connectivity index (χ2n) is 12.6. The van der Waals surface area contributed by atoms with Crippen LogP contribution < -0.4 is 0 Å². The number of nitrogens with zero attached hydrogens (tertiary/aromatic N) is 1. The topological polar surface area (TPSA) is 135 Å². The Hall–Kier alpha value is -1.40. The van der Waals surface area contributed by atoms with Crippen LogP contribution in [0.1, 0.15) is 74.7 Å². The van der Waals surface area contributed by atoms with Gasteiger partial charge in [-0.25, -0.2) is 0 Å². The Bertz CT molecular complexity index is 906. The Labute approximate surface area is 240 Å². The van der Waals surface area contributed by atoms with Crippen molar-refractivity contribution in [2.24, 2.45) is 17.8 Å². The highest BCUT2D eigenvalue weighted by Gasteiger charge is 2.49. The third-order valence-corrected chi connectivity index (χ3v) is 8.86. The highest BCUT2D eigenvalue weighted by atomic mass is 16.7. The molecule has 4 unspecified atom stereocenters. The van der Waals surface area contributed by atoms with E-state index in [0.29, 0.717) is 18.4 Å². The van der Waals surface area contributed by atoms with Crippen LogP contribution in [0.3, 0.4) is 0 Å². The Kier molecular flexibility index (Phi) is 11.9. The second kappa shape index (κ2) is 13.7. The van der Waals surface area contributed by atoms with E-state index in [1.807, 2.05) is 25.9 Å². The summed E-state index contributed by atoms with van der Waals surface area (Å²) in [5.74, 6) is -3.09. The first kappa shape index (κ1) is 34.8. The van der Waals surface area contributed by atoms with Crippen molar-refractivity contribution in [1.82, 2.24) is 4.90 Å². The molecule has 12 atom stereocenters. The number of hydrogen-bond acceptors (Lipinski definition) is 10. The number of esters is 1. The third kappa shape index (κ3) is 7.70. The molecular formula is C30H53NO9. The predicted molar refractivity (Wildman–Crippen MR) is 150 cm³/mol. The molecule has 232 valence electrons. The van der Waals surface area contributed by atoms with Crippen LogP contribution in [0.2, 0.25) is 0 Å². The number of ketones is 1. The van der Waals surface area contributed by atoms with Gasteiger partial charge in [0.15, 0.2) is 12.1 Å². The fraction of sp³-hybridized carbons (Fsp3) is 0.867. The maximum Gasteiger partial charge on any atom is 0.311 e. The van der Waals surface area contributed by atoms with Crippen LogP contribution in [0, 0.1) is 17.8 Å². The van der Waals surface area contributed by atoms with Gasteiger partial charge < -0.3 is 39.2 Å². The lowest BCUT2D eigenvalue weighted by Gasteiger charge is -2.47. The monoisotopic (exact) mass is 571 g/mol. The fourth-order valence-electron chi connectivity index (χ4n) is 6.27. The van der Waals surface area contributed by atoms with E-state index in [0.717, 1.165) is 0 Å². The molecule has 0 radical (unpaired) electrons. The Morgan fingerprint density at radius 1 is 1.10 bits per heavy atom. The zero-order chi connectivity index (χ0) is 30.7. The number of allylic oxidation sites excluding steroid dienone is 1. The quantitative estimate of drug-likeness (QED) is 0.422. The highest BCUT2D eigenvalue weighted by molar-refractivity contribution is 5.96. The summed E-state index contributed by atoms with van der Waals surface area (Å²) >= 11 is 0. The van der Waals surface area contributed by atoms with Crippen molar-refractivity contribution >= 4 is 11.8 Å². The number of hydrogen-bond donors (Lipinski definition) is 3. The standard InChI is InChI=1S/C30H53NO9/c1-12-22-29(7,36)14-16(2)23(32)17(3)15-30(8,37-11)26(19(5)24(33)20(6)27(35)39-22)40-28-25(34)21(31(9)10)13-18(4)38-28/h14,17-22,24-26,28,33-34,36H,12-13,15H2,1-11H3/t17-,18?,19+,20-,21?,22-,24+,25?,26-,28?,29+,30-/m1/s1. The Balaban J connectivity index is 2.61. The molecule has 2 heterocycles. The molecule has 2 aliphatic rings. The number of Topliss-reactive ketones (excluding diaryl/α,β-unsaturated/α-hetero) is 1. The predicted octanol–water partition coefficient (Wildman–Crippen LogP) is 2.46. The van der Waals surface area contributed by atoms with Gasteiger partial charge in [-0.05, 0) is 79.6 Å². The summed E-state index contributed by atoms with van der Waals surface area (Å²) in [5.41, 5.74) is -2.38. The van der Waals surface area contributed by atoms with Gasteiger partial charge in [-0.15, -0.1) is 0 Å². The van der Waals surface area contributed by atoms with Gasteiger partial charge in [-0.3, -0.25) is 9.59 Å². The van der Waals surface area contributed by atoms with Crippen LogP contribution >= 0.6 is 0 Å². The lowest BCUT2D eigenvalue weighted by molar-refractivity contribution is -0.301. The fourth-order valence-corrected chi connectivity index (χ4v) is 6.27. The van der Waals surface area contributed by atoms with Crippen LogP contribution in [-0.2, 0) is 28.5 Å². The number of carbonyl (C=O) groups excluding carboxylic acids is 2. The molecule has 40 heavy (non-hydrogen) atoms. The third-order valence-electron chi connectivity index (χ3n) is 8.86. The van der Waals surface area contributed by atoms with Gasteiger partial charge >= 0.3 is 5.97 Å². The van der Waals surface area contributed by atoms with Crippen LogP contribution in [-0.4, -0.2) is 107 Å². The zero-order valence-corrected chi connectivity index (χ0v) is 26.2. The van der Waals surface area contributed by atoms with E-state index in [-0.39, 0.29) is 24.3 Å². The number of likely N-dealkylation sites (N-methyl/N-ethyl adjacent to an activating group) is 1. The molecule has 2 aliphatic heterocycles. The molecule has 1 saturated heterocycles. The molecule has 0 aromatic carbocycles. The number of aliphatic hydroxyl groups excluding tert-OH is 2.